The van der Waals surface area contributed by atoms with Gasteiger partial charge in [-0.05, 0) is 44.0 Å². The second-order valence-electron chi connectivity index (χ2n) is 5.14. The Bertz CT molecular complexity index is 485. The molecule has 1 aromatic rings. The van der Waals surface area contributed by atoms with Crippen LogP contribution in [0.2, 0.25) is 0 Å². The van der Waals surface area contributed by atoms with E-state index in [2.05, 4.69) is 10.6 Å². The van der Waals surface area contributed by atoms with Crippen LogP contribution < -0.4 is 10.6 Å². The Morgan fingerprint density at radius 1 is 1.27 bits per heavy atom. The van der Waals surface area contributed by atoms with Gasteiger partial charge in [-0.1, -0.05) is 18.6 Å². The van der Waals surface area contributed by atoms with E-state index in [0.29, 0.717) is 18.7 Å². The van der Waals surface area contributed by atoms with Gasteiger partial charge in [0.25, 0.3) is 0 Å². The Labute approximate surface area is 137 Å². The summed E-state index contributed by atoms with van der Waals surface area (Å²) in [6.45, 7) is 3.53. The Hall–Kier alpha value is -1.59. The molecule has 1 atom stereocenters. The number of halogens is 1. The minimum Gasteiger partial charge on any atom is -0.462 e. The van der Waals surface area contributed by atoms with E-state index < -0.39 is 0 Å². The highest BCUT2D eigenvalue weighted by atomic mass is 35.5. The molecule has 6 heteroatoms. The Morgan fingerprint density at radius 3 is 2.59 bits per heavy atom. The van der Waals surface area contributed by atoms with Crippen LogP contribution in [0.15, 0.2) is 24.3 Å². The number of hydrogen-bond acceptors (Lipinski definition) is 4. The zero-order valence-electron chi connectivity index (χ0n) is 12.8. The van der Waals surface area contributed by atoms with Crippen LogP contribution in [0.1, 0.15) is 42.1 Å². The van der Waals surface area contributed by atoms with E-state index in [4.69, 9.17) is 4.74 Å². The van der Waals surface area contributed by atoms with E-state index in [1.807, 2.05) is 12.1 Å². The highest BCUT2D eigenvalue weighted by Crippen LogP contribution is 2.08. The fourth-order valence-electron chi connectivity index (χ4n) is 2.36. The molecule has 0 radical (unpaired) electrons. The monoisotopic (exact) mass is 326 g/mol. The first-order valence-electron chi connectivity index (χ1n) is 7.48. The van der Waals surface area contributed by atoms with E-state index in [1.54, 1.807) is 19.1 Å². The third kappa shape index (κ3) is 5.31. The lowest BCUT2D eigenvalue weighted by Gasteiger charge is -2.22. The largest absolute Gasteiger partial charge is 0.462 e. The van der Waals surface area contributed by atoms with Crippen molar-refractivity contribution in [2.45, 2.75) is 38.8 Å². The molecule has 1 aromatic carbocycles. The van der Waals surface area contributed by atoms with Gasteiger partial charge < -0.3 is 15.4 Å². The van der Waals surface area contributed by atoms with Gasteiger partial charge >= 0.3 is 5.97 Å². The van der Waals surface area contributed by atoms with E-state index in [0.717, 1.165) is 31.4 Å². The van der Waals surface area contributed by atoms with Crippen LogP contribution in [-0.4, -0.2) is 31.1 Å². The Morgan fingerprint density at radius 2 is 2.00 bits per heavy atom. The smallest absolute Gasteiger partial charge is 0.338 e. The molecule has 1 unspecified atom stereocenters. The van der Waals surface area contributed by atoms with Gasteiger partial charge in [0, 0.05) is 6.54 Å². The van der Waals surface area contributed by atoms with Gasteiger partial charge in [0.2, 0.25) is 5.91 Å². The molecule has 1 fully saturated rings. The lowest BCUT2D eigenvalue weighted by Crippen LogP contribution is -2.46. The van der Waals surface area contributed by atoms with E-state index in [9.17, 15) is 9.59 Å². The van der Waals surface area contributed by atoms with Crippen molar-refractivity contribution in [2.24, 2.45) is 0 Å². The lowest BCUT2D eigenvalue weighted by molar-refractivity contribution is -0.123. The van der Waals surface area contributed by atoms with Crippen molar-refractivity contribution >= 4 is 24.3 Å². The summed E-state index contributed by atoms with van der Waals surface area (Å²) >= 11 is 0. The topological polar surface area (TPSA) is 67.4 Å². The van der Waals surface area contributed by atoms with Crippen LogP contribution in [0.25, 0.3) is 0 Å². The SMILES string of the molecule is CCOC(=O)c1ccc(CNC(=O)C2CCCCN2)cc1.Cl. The van der Waals surface area contributed by atoms with Gasteiger partial charge in [-0.25, -0.2) is 4.79 Å². The predicted molar refractivity (Wildman–Crippen MR) is 87.1 cm³/mol. The van der Waals surface area contributed by atoms with Crippen LogP contribution in [0.5, 0.6) is 0 Å². The standard InChI is InChI=1S/C16H22N2O3.ClH/c1-2-21-16(20)13-8-6-12(7-9-13)11-18-15(19)14-5-3-4-10-17-14;/h6-9,14,17H,2-5,10-11H2,1H3,(H,18,19);1H. The molecule has 0 bridgehead atoms. The predicted octanol–water partition coefficient (Wildman–Crippen LogP) is 2.04. The van der Waals surface area contributed by atoms with Crippen LogP contribution in [0.4, 0.5) is 0 Å². The van der Waals surface area contributed by atoms with Gasteiger partial charge in [-0.3, -0.25) is 4.79 Å². The molecule has 22 heavy (non-hydrogen) atoms. The van der Waals surface area contributed by atoms with Gasteiger partial charge in [-0.15, -0.1) is 12.4 Å². The summed E-state index contributed by atoms with van der Waals surface area (Å²) < 4.78 is 4.93. The summed E-state index contributed by atoms with van der Waals surface area (Å²) in [7, 11) is 0. The lowest BCUT2D eigenvalue weighted by atomic mass is 10.0. The zero-order valence-corrected chi connectivity index (χ0v) is 13.6. The fourth-order valence-corrected chi connectivity index (χ4v) is 2.36. The first kappa shape index (κ1) is 18.5. The van der Waals surface area contributed by atoms with Crippen molar-refractivity contribution in [3.63, 3.8) is 0 Å². The van der Waals surface area contributed by atoms with E-state index >= 15 is 0 Å². The van der Waals surface area contributed by atoms with Crippen molar-refractivity contribution in [3.8, 4) is 0 Å². The van der Waals surface area contributed by atoms with Crippen molar-refractivity contribution in [1.29, 1.82) is 0 Å². The molecular formula is C16H23ClN2O3. The number of piperidine rings is 1. The summed E-state index contributed by atoms with van der Waals surface area (Å²) in [6, 6.07) is 7.04. The average molecular weight is 327 g/mol. The molecule has 0 saturated carbocycles. The number of esters is 1. The highest BCUT2D eigenvalue weighted by Gasteiger charge is 2.19. The number of carbonyl (C=O) groups is 2. The quantitative estimate of drug-likeness (QED) is 0.813. The van der Waals surface area contributed by atoms with Gasteiger partial charge in [0.15, 0.2) is 0 Å². The Balaban J connectivity index is 0.00000242. The van der Waals surface area contributed by atoms with Crippen molar-refractivity contribution < 1.29 is 14.3 Å². The number of benzene rings is 1. The second kappa shape index (κ2) is 9.43. The molecule has 0 spiro atoms. The molecular weight excluding hydrogens is 304 g/mol. The summed E-state index contributed by atoms with van der Waals surface area (Å²) in [5.74, 6) is -0.274. The van der Waals surface area contributed by atoms with Gasteiger partial charge in [0.05, 0.1) is 18.2 Å². The molecule has 5 nitrogen and oxygen atoms in total. The number of ether oxygens (including phenoxy) is 1. The van der Waals surface area contributed by atoms with E-state index in [-0.39, 0.29) is 30.3 Å². The molecule has 1 aliphatic rings. The summed E-state index contributed by atoms with van der Waals surface area (Å²) in [4.78, 5) is 23.5. The van der Waals surface area contributed by atoms with Gasteiger partial charge in [0.1, 0.15) is 0 Å². The molecule has 1 aliphatic heterocycles. The summed E-state index contributed by atoms with van der Waals surface area (Å²) in [6.07, 6.45) is 3.13. The number of amides is 1. The van der Waals surface area contributed by atoms with Crippen LogP contribution in [-0.2, 0) is 16.1 Å². The molecule has 2 rings (SSSR count). The highest BCUT2D eigenvalue weighted by molar-refractivity contribution is 5.89. The maximum atomic E-state index is 12.0. The zero-order chi connectivity index (χ0) is 15.1. The number of hydrogen-bond donors (Lipinski definition) is 2. The minimum absolute atomic E-state index is 0. The van der Waals surface area contributed by atoms with Crippen LogP contribution in [0.3, 0.4) is 0 Å². The number of rotatable bonds is 5. The van der Waals surface area contributed by atoms with Crippen LogP contribution >= 0.6 is 12.4 Å². The maximum Gasteiger partial charge on any atom is 0.338 e. The summed E-state index contributed by atoms with van der Waals surface area (Å²) in [5.41, 5.74) is 1.49. The van der Waals surface area contributed by atoms with Crippen molar-refractivity contribution in [3.05, 3.63) is 35.4 Å². The average Bonchev–Trinajstić information content (AvgIpc) is 2.54. The number of carbonyl (C=O) groups excluding carboxylic acids is 2. The first-order chi connectivity index (χ1) is 10.2. The normalized spacial score (nSPS) is 17.2. The van der Waals surface area contributed by atoms with Crippen molar-refractivity contribution in [1.82, 2.24) is 10.6 Å². The van der Waals surface area contributed by atoms with Crippen LogP contribution in [0, 0.1) is 0 Å². The summed E-state index contributed by atoms with van der Waals surface area (Å²) in [5, 5.41) is 6.14. The molecule has 0 aromatic heterocycles. The molecule has 1 heterocycles. The second-order valence-corrected chi connectivity index (χ2v) is 5.14. The third-order valence-corrected chi connectivity index (χ3v) is 3.56. The third-order valence-electron chi connectivity index (χ3n) is 3.56. The molecule has 0 aliphatic carbocycles. The number of nitrogens with one attached hydrogen (secondary N) is 2. The van der Waals surface area contributed by atoms with Gasteiger partial charge in [-0.2, -0.15) is 0 Å². The maximum absolute atomic E-state index is 12.0. The van der Waals surface area contributed by atoms with Crippen molar-refractivity contribution in [2.75, 3.05) is 13.2 Å². The Kier molecular flexibility index (Phi) is 7.91. The minimum atomic E-state index is -0.320. The molecule has 2 N–H and O–H groups in total. The molecule has 1 saturated heterocycles. The first-order valence-corrected chi connectivity index (χ1v) is 7.48. The van der Waals surface area contributed by atoms with E-state index in [1.165, 1.54) is 0 Å². The molecule has 122 valence electrons. The molecule has 1 amide bonds. The fraction of sp³-hybridized carbons (Fsp3) is 0.500.